The summed E-state index contributed by atoms with van der Waals surface area (Å²) in [5.74, 6) is -0.277. The average molecular weight is 385 g/mol. The molecule has 0 unspecified atom stereocenters. The third kappa shape index (κ3) is 2.87. The van der Waals surface area contributed by atoms with E-state index in [1.807, 2.05) is 37.1 Å². The zero-order valence-electron chi connectivity index (χ0n) is 14.3. The summed E-state index contributed by atoms with van der Waals surface area (Å²) in [6, 6.07) is 8.53. The van der Waals surface area contributed by atoms with Crippen molar-refractivity contribution < 1.29 is 4.39 Å². The first-order valence-corrected chi connectivity index (χ1v) is 9.78. The van der Waals surface area contributed by atoms with Crippen molar-refractivity contribution in [3.63, 3.8) is 0 Å². The van der Waals surface area contributed by atoms with E-state index in [0.717, 1.165) is 25.8 Å². The minimum Gasteiger partial charge on any atom is -0.337 e. The number of benzene rings is 1. The van der Waals surface area contributed by atoms with Gasteiger partial charge >= 0.3 is 0 Å². The Labute approximate surface area is 157 Å². The summed E-state index contributed by atoms with van der Waals surface area (Å²) in [4.78, 5) is 19.8. The summed E-state index contributed by atoms with van der Waals surface area (Å²) in [6.07, 6.45) is 5.46. The van der Waals surface area contributed by atoms with E-state index in [9.17, 15) is 9.18 Å². The van der Waals surface area contributed by atoms with Crippen LogP contribution in [0.25, 0.3) is 11.1 Å². The van der Waals surface area contributed by atoms with Gasteiger partial charge in [0, 0.05) is 30.9 Å². The number of rotatable bonds is 2. The lowest BCUT2D eigenvalue weighted by Crippen LogP contribution is -2.33. The van der Waals surface area contributed by atoms with Crippen LogP contribution >= 0.6 is 23.1 Å². The standard InChI is InChI=1S/C19H16FN3OS2/c1-3-23-16(10-12-6-8-21-9-7-12)26-17(18(23)24)19-22(2)14-11-13(20)4-5-15(14)25-19/h4-11H,3H2,1-2H3/b16-10-,19-17+. The number of nitrogens with zero attached hydrogens (tertiary/aromatic N) is 3. The summed E-state index contributed by atoms with van der Waals surface area (Å²) >= 11 is 2.97. The van der Waals surface area contributed by atoms with E-state index in [4.69, 9.17) is 0 Å². The zero-order valence-corrected chi connectivity index (χ0v) is 15.9. The number of pyridine rings is 1. The van der Waals surface area contributed by atoms with Crippen molar-refractivity contribution in [2.45, 2.75) is 18.4 Å². The SMILES string of the molecule is CCn1c(=O)/c(=C2\Sc3ccc(F)cc3N2C)s/c1=C\c1ccncc1. The number of aromatic nitrogens is 2. The van der Waals surface area contributed by atoms with Gasteiger partial charge in [-0.1, -0.05) is 11.8 Å². The molecule has 1 aliphatic heterocycles. The van der Waals surface area contributed by atoms with Crippen molar-refractivity contribution in [1.82, 2.24) is 9.55 Å². The van der Waals surface area contributed by atoms with Crippen molar-refractivity contribution in [2.24, 2.45) is 0 Å². The van der Waals surface area contributed by atoms with Gasteiger partial charge in [0.1, 0.15) is 15.4 Å². The van der Waals surface area contributed by atoms with Gasteiger partial charge < -0.3 is 4.90 Å². The lowest BCUT2D eigenvalue weighted by atomic mass is 10.3. The lowest BCUT2D eigenvalue weighted by molar-refractivity contribution is 0.627. The van der Waals surface area contributed by atoms with Crippen LogP contribution in [0.15, 0.2) is 52.4 Å². The highest BCUT2D eigenvalue weighted by molar-refractivity contribution is 8.08. The molecular weight excluding hydrogens is 369 g/mol. The molecule has 4 rings (SSSR count). The molecule has 4 nitrogen and oxygen atoms in total. The smallest absolute Gasteiger partial charge is 0.271 e. The van der Waals surface area contributed by atoms with Gasteiger partial charge in [-0.25, -0.2) is 4.39 Å². The molecular formula is C19H16FN3OS2. The monoisotopic (exact) mass is 385 g/mol. The molecule has 0 fully saturated rings. The molecule has 0 saturated carbocycles. The summed E-state index contributed by atoms with van der Waals surface area (Å²) in [7, 11) is 1.87. The van der Waals surface area contributed by atoms with Crippen molar-refractivity contribution >= 4 is 39.9 Å². The van der Waals surface area contributed by atoms with E-state index in [0.29, 0.717) is 11.1 Å². The maximum atomic E-state index is 13.6. The first-order chi connectivity index (χ1) is 12.6. The normalized spacial score (nSPS) is 16.3. The third-order valence-corrected chi connectivity index (χ3v) is 6.70. The largest absolute Gasteiger partial charge is 0.337 e. The van der Waals surface area contributed by atoms with Gasteiger partial charge in [-0.15, -0.1) is 11.3 Å². The molecule has 0 amide bonds. The fourth-order valence-corrected chi connectivity index (χ4v) is 5.35. The van der Waals surface area contributed by atoms with Gasteiger partial charge in [-0.2, -0.15) is 0 Å². The van der Waals surface area contributed by atoms with E-state index in [-0.39, 0.29) is 11.4 Å². The highest BCUT2D eigenvalue weighted by Crippen LogP contribution is 2.45. The molecule has 1 aliphatic rings. The fourth-order valence-electron chi connectivity index (χ4n) is 2.89. The molecule has 132 valence electrons. The number of thioether (sulfide) groups is 1. The van der Waals surface area contributed by atoms with Gasteiger partial charge in [-0.3, -0.25) is 14.3 Å². The molecule has 0 spiro atoms. The maximum Gasteiger partial charge on any atom is 0.271 e. The molecule has 1 aromatic carbocycles. The van der Waals surface area contributed by atoms with Crippen LogP contribution in [0.2, 0.25) is 0 Å². The van der Waals surface area contributed by atoms with Crippen LogP contribution < -0.4 is 19.7 Å². The Morgan fingerprint density at radius 1 is 1.23 bits per heavy atom. The molecule has 0 aliphatic carbocycles. The average Bonchev–Trinajstić information content (AvgIpc) is 3.12. The van der Waals surface area contributed by atoms with Crippen molar-refractivity contribution in [3.8, 4) is 0 Å². The highest BCUT2D eigenvalue weighted by Gasteiger charge is 2.25. The summed E-state index contributed by atoms with van der Waals surface area (Å²) in [5.41, 5.74) is 1.78. The quantitative estimate of drug-likeness (QED) is 0.680. The summed E-state index contributed by atoms with van der Waals surface area (Å²) in [5, 5.41) is 0.845. The van der Waals surface area contributed by atoms with Gasteiger partial charge in [0.25, 0.3) is 5.56 Å². The number of halogens is 1. The van der Waals surface area contributed by atoms with Crippen molar-refractivity contribution in [3.05, 3.63) is 73.7 Å². The number of hydrogen-bond donors (Lipinski definition) is 0. The van der Waals surface area contributed by atoms with Crippen LogP contribution in [0.4, 0.5) is 10.1 Å². The fraction of sp³-hybridized carbons (Fsp3) is 0.158. The first-order valence-electron chi connectivity index (χ1n) is 8.15. The Balaban J connectivity index is 1.93. The summed E-state index contributed by atoms with van der Waals surface area (Å²) in [6.45, 7) is 2.55. The number of anilines is 1. The highest BCUT2D eigenvalue weighted by atomic mass is 32.2. The molecule has 0 bridgehead atoms. The topological polar surface area (TPSA) is 38.1 Å². The lowest BCUT2D eigenvalue weighted by Gasteiger charge is -2.12. The molecule has 3 aromatic rings. The minimum atomic E-state index is -0.277. The van der Waals surface area contributed by atoms with E-state index >= 15 is 0 Å². The Morgan fingerprint density at radius 3 is 2.73 bits per heavy atom. The van der Waals surface area contributed by atoms with Gasteiger partial charge in [0.05, 0.1) is 10.4 Å². The third-order valence-electron chi connectivity index (χ3n) is 4.21. The van der Waals surface area contributed by atoms with E-state index in [1.165, 1.54) is 35.2 Å². The van der Waals surface area contributed by atoms with Crippen LogP contribution in [-0.2, 0) is 6.54 Å². The maximum absolute atomic E-state index is 13.6. The van der Waals surface area contributed by atoms with E-state index < -0.39 is 0 Å². The molecule has 26 heavy (non-hydrogen) atoms. The Hall–Kier alpha value is -2.38. The summed E-state index contributed by atoms with van der Waals surface area (Å²) < 4.78 is 16.9. The molecule has 3 heterocycles. The minimum absolute atomic E-state index is 0.0135. The zero-order chi connectivity index (χ0) is 18.3. The molecule has 0 N–H and O–H groups in total. The number of hydrogen-bond acceptors (Lipinski definition) is 5. The predicted molar refractivity (Wildman–Crippen MR) is 105 cm³/mol. The first kappa shape index (κ1) is 17.1. The number of fused-ring (bicyclic) bond motifs is 1. The Kier molecular flexibility index (Phi) is 4.42. The van der Waals surface area contributed by atoms with Crippen LogP contribution in [-0.4, -0.2) is 16.6 Å². The predicted octanol–water partition coefficient (Wildman–Crippen LogP) is 2.60. The molecule has 2 aromatic heterocycles. The van der Waals surface area contributed by atoms with E-state index in [2.05, 4.69) is 4.98 Å². The molecule has 7 heteroatoms. The molecule has 0 radical (unpaired) electrons. The Morgan fingerprint density at radius 2 is 2.00 bits per heavy atom. The molecule has 0 saturated heterocycles. The van der Waals surface area contributed by atoms with Gasteiger partial charge in [-0.05, 0) is 48.9 Å². The second-order valence-corrected chi connectivity index (χ2v) is 7.88. The van der Waals surface area contributed by atoms with E-state index in [1.54, 1.807) is 23.0 Å². The van der Waals surface area contributed by atoms with Crippen LogP contribution in [0.5, 0.6) is 0 Å². The number of thiazole rings is 1. The van der Waals surface area contributed by atoms with Gasteiger partial charge in [0.2, 0.25) is 0 Å². The Bertz CT molecular complexity index is 1150. The van der Waals surface area contributed by atoms with Gasteiger partial charge in [0.15, 0.2) is 0 Å². The molecule has 0 atom stereocenters. The second kappa shape index (κ2) is 6.74. The van der Waals surface area contributed by atoms with Crippen LogP contribution in [0.1, 0.15) is 12.5 Å². The second-order valence-electron chi connectivity index (χ2n) is 5.82. The van der Waals surface area contributed by atoms with Crippen molar-refractivity contribution in [1.29, 1.82) is 0 Å². The van der Waals surface area contributed by atoms with Crippen LogP contribution in [0, 0.1) is 5.82 Å². The van der Waals surface area contributed by atoms with Crippen molar-refractivity contribution in [2.75, 3.05) is 11.9 Å². The van der Waals surface area contributed by atoms with Crippen LogP contribution in [0.3, 0.4) is 0 Å².